The van der Waals surface area contributed by atoms with Crippen LogP contribution in [0.15, 0.2) is 0 Å². The van der Waals surface area contributed by atoms with Crippen LogP contribution in [-0.2, 0) is 4.74 Å². The molecule has 0 unspecified atom stereocenters. The van der Waals surface area contributed by atoms with Gasteiger partial charge in [-0.05, 0) is 20.3 Å². The maximum absolute atomic E-state index is 9.33. The highest BCUT2D eigenvalue weighted by molar-refractivity contribution is 4.84. The van der Waals surface area contributed by atoms with Gasteiger partial charge in [-0.15, -0.1) is 0 Å². The first-order valence-corrected chi connectivity index (χ1v) is 5.08. The van der Waals surface area contributed by atoms with E-state index in [1.165, 1.54) is 0 Å². The highest BCUT2D eigenvalue weighted by atomic mass is 16.5. The van der Waals surface area contributed by atoms with E-state index in [1.54, 1.807) is 7.11 Å². The molecule has 2 atom stereocenters. The molecule has 0 aromatic heterocycles. The van der Waals surface area contributed by atoms with Crippen LogP contribution in [0.1, 0.15) is 20.3 Å². The summed E-state index contributed by atoms with van der Waals surface area (Å²) in [4.78, 5) is 2.07. The number of ether oxygens (including phenoxy) is 1. The molecule has 0 aromatic carbocycles. The number of β-amino-alcohol motifs (C(OH)–C–C–N with tert-alkyl or cyclic N) is 2. The van der Waals surface area contributed by atoms with Crippen LogP contribution in [0.4, 0.5) is 0 Å². The summed E-state index contributed by atoms with van der Waals surface area (Å²) in [5.41, 5.74) is -0.126. The van der Waals surface area contributed by atoms with Crippen molar-refractivity contribution in [3.8, 4) is 0 Å². The van der Waals surface area contributed by atoms with E-state index in [2.05, 4.69) is 4.90 Å². The number of likely N-dealkylation sites (tertiary alicyclic amines) is 1. The molecular weight excluding hydrogens is 182 g/mol. The minimum atomic E-state index is -0.583. The Morgan fingerprint density at radius 1 is 1.29 bits per heavy atom. The van der Waals surface area contributed by atoms with Crippen molar-refractivity contribution in [3.05, 3.63) is 0 Å². The number of methoxy groups -OCH3 is 1. The van der Waals surface area contributed by atoms with E-state index in [9.17, 15) is 10.2 Å². The molecule has 84 valence electrons. The predicted octanol–water partition coefficient (Wildman–Crippen LogP) is -0.161. The van der Waals surface area contributed by atoms with Crippen LogP contribution in [0, 0.1) is 0 Å². The number of hydrogen-bond donors (Lipinski definition) is 2. The van der Waals surface area contributed by atoms with Gasteiger partial charge in [-0.25, -0.2) is 0 Å². The van der Waals surface area contributed by atoms with E-state index in [-0.39, 0.29) is 5.60 Å². The highest BCUT2D eigenvalue weighted by Crippen LogP contribution is 2.16. The van der Waals surface area contributed by atoms with Gasteiger partial charge in [0.25, 0.3) is 0 Å². The number of rotatable bonds is 4. The largest absolute Gasteiger partial charge is 0.389 e. The zero-order valence-corrected chi connectivity index (χ0v) is 9.23. The Labute approximate surface area is 85.5 Å². The van der Waals surface area contributed by atoms with Crippen molar-refractivity contribution in [3.63, 3.8) is 0 Å². The Kier molecular flexibility index (Phi) is 3.89. The van der Waals surface area contributed by atoms with E-state index < -0.39 is 12.2 Å². The molecule has 1 aliphatic heterocycles. The van der Waals surface area contributed by atoms with E-state index in [1.807, 2.05) is 13.8 Å². The molecular formula is C10H21NO3. The Hall–Kier alpha value is -0.160. The Balaban J connectivity index is 2.27. The molecule has 0 radical (unpaired) electrons. The second-order valence-corrected chi connectivity index (χ2v) is 4.61. The molecule has 0 aromatic rings. The molecule has 0 aliphatic carbocycles. The van der Waals surface area contributed by atoms with Crippen LogP contribution in [0.2, 0.25) is 0 Å². The summed E-state index contributed by atoms with van der Waals surface area (Å²) < 4.78 is 5.30. The third kappa shape index (κ3) is 3.20. The van der Waals surface area contributed by atoms with Gasteiger partial charge in [0, 0.05) is 26.7 Å². The van der Waals surface area contributed by atoms with Gasteiger partial charge >= 0.3 is 0 Å². The van der Waals surface area contributed by atoms with Crippen molar-refractivity contribution in [2.45, 2.75) is 38.1 Å². The fourth-order valence-electron chi connectivity index (χ4n) is 1.56. The van der Waals surface area contributed by atoms with Gasteiger partial charge in [0.05, 0.1) is 17.8 Å². The van der Waals surface area contributed by atoms with Gasteiger partial charge in [-0.3, -0.25) is 4.90 Å². The predicted molar refractivity (Wildman–Crippen MR) is 54.2 cm³/mol. The lowest BCUT2D eigenvalue weighted by Crippen LogP contribution is -2.31. The van der Waals surface area contributed by atoms with Crippen LogP contribution >= 0.6 is 0 Å². The maximum Gasteiger partial charge on any atom is 0.0938 e. The topological polar surface area (TPSA) is 52.9 Å². The average molecular weight is 203 g/mol. The molecule has 1 rings (SSSR count). The molecule has 4 heteroatoms. The molecule has 1 aliphatic rings. The molecule has 1 heterocycles. The number of hydrogen-bond acceptors (Lipinski definition) is 4. The lowest BCUT2D eigenvalue weighted by atomic mass is 10.1. The first kappa shape index (κ1) is 11.9. The normalized spacial score (nSPS) is 29.8. The van der Waals surface area contributed by atoms with Crippen molar-refractivity contribution in [2.75, 3.05) is 26.7 Å². The van der Waals surface area contributed by atoms with Crippen molar-refractivity contribution >= 4 is 0 Å². The second-order valence-electron chi connectivity index (χ2n) is 4.61. The van der Waals surface area contributed by atoms with Crippen LogP contribution in [0.3, 0.4) is 0 Å². The van der Waals surface area contributed by atoms with Gasteiger partial charge < -0.3 is 14.9 Å². The summed E-state index contributed by atoms with van der Waals surface area (Å²) in [5, 5.41) is 18.7. The van der Waals surface area contributed by atoms with Gasteiger partial charge in [0.15, 0.2) is 0 Å². The standard InChI is InChI=1S/C10H21NO3/c1-10(2,14-3)4-5-11-6-8(12)9(13)7-11/h8-9,12-13H,4-7H2,1-3H3/t8-,9+. The third-order valence-electron chi connectivity index (χ3n) is 2.92. The molecule has 2 N–H and O–H groups in total. The van der Waals surface area contributed by atoms with E-state index in [0.29, 0.717) is 13.1 Å². The van der Waals surface area contributed by atoms with Crippen LogP contribution < -0.4 is 0 Å². The van der Waals surface area contributed by atoms with Crippen LogP contribution in [0.25, 0.3) is 0 Å². The summed E-state index contributed by atoms with van der Waals surface area (Å²) in [6.07, 6.45) is -0.260. The van der Waals surface area contributed by atoms with Crippen LogP contribution in [-0.4, -0.2) is 59.7 Å². The summed E-state index contributed by atoms with van der Waals surface area (Å²) in [6.45, 7) is 6.07. The average Bonchev–Trinajstić information content (AvgIpc) is 2.44. The molecule has 1 saturated heterocycles. The van der Waals surface area contributed by atoms with Crippen LogP contribution in [0.5, 0.6) is 0 Å². The molecule has 14 heavy (non-hydrogen) atoms. The highest BCUT2D eigenvalue weighted by Gasteiger charge is 2.30. The fraction of sp³-hybridized carbons (Fsp3) is 1.00. The molecule has 0 saturated carbocycles. The van der Waals surface area contributed by atoms with E-state index >= 15 is 0 Å². The zero-order chi connectivity index (χ0) is 10.8. The lowest BCUT2D eigenvalue weighted by molar-refractivity contribution is 0.00808. The summed E-state index contributed by atoms with van der Waals surface area (Å²) in [6, 6.07) is 0. The SMILES string of the molecule is COC(C)(C)CCN1C[C@@H](O)[C@@H](O)C1. The Morgan fingerprint density at radius 3 is 2.21 bits per heavy atom. The summed E-state index contributed by atoms with van der Waals surface area (Å²) >= 11 is 0. The van der Waals surface area contributed by atoms with Gasteiger partial charge in [0.2, 0.25) is 0 Å². The monoisotopic (exact) mass is 203 g/mol. The molecule has 0 spiro atoms. The van der Waals surface area contributed by atoms with Crippen molar-refractivity contribution in [1.29, 1.82) is 0 Å². The Bertz CT molecular complexity index is 174. The molecule has 4 nitrogen and oxygen atoms in total. The minimum Gasteiger partial charge on any atom is -0.389 e. The first-order chi connectivity index (χ1) is 6.44. The zero-order valence-electron chi connectivity index (χ0n) is 9.23. The Morgan fingerprint density at radius 2 is 1.79 bits per heavy atom. The smallest absolute Gasteiger partial charge is 0.0938 e. The van der Waals surface area contributed by atoms with Gasteiger partial charge in [-0.1, -0.05) is 0 Å². The van der Waals surface area contributed by atoms with Crippen molar-refractivity contribution in [2.24, 2.45) is 0 Å². The maximum atomic E-state index is 9.33. The second kappa shape index (κ2) is 4.57. The fourth-order valence-corrected chi connectivity index (χ4v) is 1.56. The van der Waals surface area contributed by atoms with Gasteiger partial charge in [-0.2, -0.15) is 0 Å². The lowest BCUT2D eigenvalue weighted by Gasteiger charge is -2.25. The van der Waals surface area contributed by atoms with Crippen molar-refractivity contribution in [1.82, 2.24) is 4.90 Å². The van der Waals surface area contributed by atoms with Gasteiger partial charge in [0.1, 0.15) is 0 Å². The van der Waals surface area contributed by atoms with E-state index in [0.717, 1.165) is 13.0 Å². The third-order valence-corrected chi connectivity index (χ3v) is 2.92. The summed E-state index contributed by atoms with van der Waals surface area (Å²) in [5.74, 6) is 0. The number of nitrogens with zero attached hydrogens (tertiary/aromatic N) is 1. The molecule has 0 bridgehead atoms. The number of aliphatic hydroxyl groups excluding tert-OH is 2. The van der Waals surface area contributed by atoms with Crippen molar-refractivity contribution < 1.29 is 14.9 Å². The molecule has 1 fully saturated rings. The molecule has 0 amide bonds. The first-order valence-electron chi connectivity index (χ1n) is 5.08. The van der Waals surface area contributed by atoms with E-state index in [4.69, 9.17) is 4.74 Å². The minimum absolute atomic E-state index is 0.126. The summed E-state index contributed by atoms with van der Waals surface area (Å²) in [7, 11) is 1.70. The number of aliphatic hydroxyl groups is 2. The quantitative estimate of drug-likeness (QED) is 0.666.